The molecule has 1 unspecified atom stereocenters. The average Bonchev–Trinajstić information content (AvgIpc) is 2.36. The number of esters is 1. The maximum Gasteiger partial charge on any atom is 0.330 e. The van der Waals surface area contributed by atoms with Gasteiger partial charge in [0.05, 0.1) is 6.10 Å². The fourth-order valence-electron chi connectivity index (χ4n) is 0.262. The first-order valence-electron chi connectivity index (χ1n) is 5.70. The SMILES string of the molecule is C=C(C)C(=O)O.C=C(C)C(=O)O.C=CC(=O)OCC(C)O. The van der Waals surface area contributed by atoms with E-state index in [0.717, 1.165) is 6.08 Å². The van der Waals surface area contributed by atoms with Crippen LogP contribution in [0.1, 0.15) is 20.8 Å². The second kappa shape index (κ2) is 14.0. The molecular weight excluding hydrogens is 280 g/mol. The van der Waals surface area contributed by atoms with Gasteiger partial charge in [-0.1, -0.05) is 19.7 Å². The van der Waals surface area contributed by atoms with E-state index in [0.29, 0.717) is 0 Å². The summed E-state index contributed by atoms with van der Waals surface area (Å²) in [5.74, 6) is -2.37. The van der Waals surface area contributed by atoms with Crippen molar-refractivity contribution in [1.29, 1.82) is 0 Å². The Balaban J connectivity index is -0.000000240. The van der Waals surface area contributed by atoms with Crippen LogP contribution >= 0.6 is 0 Å². The summed E-state index contributed by atoms with van der Waals surface area (Å²) in [6, 6.07) is 0. The van der Waals surface area contributed by atoms with Gasteiger partial charge in [0.15, 0.2) is 0 Å². The van der Waals surface area contributed by atoms with Crippen molar-refractivity contribution in [2.75, 3.05) is 6.61 Å². The Morgan fingerprint density at radius 3 is 1.52 bits per heavy atom. The Morgan fingerprint density at radius 1 is 1.10 bits per heavy atom. The third kappa shape index (κ3) is 27.0. The Bertz CT molecular complexity index is 346. The lowest BCUT2D eigenvalue weighted by molar-refractivity contribution is -0.140. The van der Waals surface area contributed by atoms with Crippen molar-refractivity contribution < 1.29 is 34.4 Å². The van der Waals surface area contributed by atoms with Crippen molar-refractivity contribution in [2.24, 2.45) is 0 Å². The van der Waals surface area contributed by atoms with Crippen LogP contribution in [0.15, 0.2) is 37.0 Å². The molecule has 0 aliphatic heterocycles. The highest BCUT2D eigenvalue weighted by atomic mass is 16.5. The summed E-state index contributed by atoms with van der Waals surface area (Å²) in [7, 11) is 0. The molecule has 0 heterocycles. The van der Waals surface area contributed by atoms with E-state index in [9.17, 15) is 14.4 Å². The standard InChI is InChI=1S/C6H10O3.2C4H6O2/c1-3-6(8)9-4-5(2)7;2*1-3(2)4(5)6/h3,5,7H,1,4H2,2H3;2*1H2,2H3,(H,5,6). The highest BCUT2D eigenvalue weighted by molar-refractivity contribution is 5.85. The lowest BCUT2D eigenvalue weighted by Crippen LogP contribution is -2.13. The summed E-state index contributed by atoms with van der Waals surface area (Å²) >= 11 is 0. The van der Waals surface area contributed by atoms with Crippen molar-refractivity contribution in [3.05, 3.63) is 37.0 Å². The van der Waals surface area contributed by atoms with E-state index in [2.05, 4.69) is 24.5 Å². The first-order chi connectivity index (χ1) is 9.45. The van der Waals surface area contributed by atoms with E-state index in [-0.39, 0.29) is 17.8 Å². The van der Waals surface area contributed by atoms with Crippen LogP contribution in [0, 0.1) is 0 Å². The number of carbonyl (C=O) groups excluding carboxylic acids is 1. The summed E-state index contributed by atoms with van der Waals surface area (Å²) in [5, 5.41) is 24.4. The molecule has 0 rings (SSSR count). The van der Waals surface area contributed by atoms with Crippen molar-refractivity contribution in [1.82, 2.24) is 0 Å². The van der Waals surface area contributed by atoms with Gasteiger partial charge in [0.1, 0.15) is 6.61 Å². The molecular formula is C14H22O7. The molecule has 0 fully saturated rings. The molecule has 0 bridgehead atoms. The number of rotatable bonds is 5. The van der Waals surface area contributed by atoms with Crippen LogP contribution in [0.2, 0.25) is 0 Å². The third-order valence-corrected chi connectivity index (χ3v) is 1.36. The minimum atomic E-state index is -0.935. The maximum atomic E-state index is 10.3. The molecule has 21 heavy (non-hydrogen) atoms. The Labute approximate surface area is 123 Å². The first kappa shape index (κ1) is 23.7. The monoisotopic (exact) mass is 302 g/mol. The molecule has 0 spiro atoms. The molecule has 0 aliphatic rings. The number of aliphatic hydroxyl groups excluding tert-OH is 1. The lowest BCUT2D eigenvalue weighted by atomic mass is 10.4. The number of carbonyl (C=O) groups is 3. The number of hydrogen-bond acceptors (Lipinski definition) is 5. The summed E-state index contributed by atoms with van der Waals surface area (Å²) in [4.78, 5) is 29.5. The second-order valence-corrected chi connectivity index (χ2v) is 3.85. The highest BCUT2D eigenvalue weighted by Gasteiger charge is 1.98. The molecule has 120 valence electrons. The van der Waals surface area contributed by atoms with Gasteiger partial charge in [-0.3, -0.25) is 0 Å². The molecule has 0 aromatic heterocycles. The number of carboxylic acids is 2. The van der Waals surface area contributed by atoms with Crippen LogP contribution in [0.4, 0.5) is 0 Å². The largest absolute Gasteiger partial charge is 0.478 e. The van der Waals surface area contributed by atoms with Gasteiger partial charge in [0.2, 0.25) is 0 Å². The van der Waals surface area contributed by atoms with Crippen molar-refractivity contribution in [3.63, 3.8) is 0 Å². The van der Waals surface area contributed by atoms with Gasteiger partial charge in [-0.15, -0.1) is 0 Å². The fraction of sp³-hybridized carbons (Fsp3) is 0.357. The molecule has 0 aromatic carbocycles. The van der Waals surface area contributed by atoms with E-state index in [1.54, 1.807) is 0 Å². The van der Waals surface area contributed by atoms with E-state index >= 15 is 0 Å². The van der Waals surface area contributed by atoms with Crippen LogP contribution in [-0.2, 0) is 19.1 Å². The normalized spacial score (nSPS) is 9.52. The predicted octanol–water partition coefficient (Wildman–Crippen LogP) is 1.39. The summed E-state index contributed by atoms with van der Waals surface area (Å²) in [6.07, 6.45) is 0.455. The molecule has 0 saturated heterocycles. The van der Waals surface area contributed by atoms with E-state index in [4.69, 9.17) is 15.3 Å². The number of carboxylic acid groups (broad SMARTS) is 2. The summed E-state index contributed by atoms with van der Waals surface area (Å²) in [6.45, 7) is 14.0. The molecule has 0 radical (unpaired) electrons. The second-order valence-electron chi connectivity index (χ2n) is 3.85. The highest BCUT2D eigenvalue weighted by Crippen LogP contribution is 1.83. The Morgan fingerprint density at radius 2 is 1.38 bits per heavy atom. The molecule has 0 saturated carbocycles. The minimum Gasteiger partial charge on any atom is -0.478 e. The van der Waals surface area contributed by atoms with Gasteiger partial charge >= 0.3 is 17.9 Å². The van der Waals surface area contributed by atoms with Crippen molar-refractivity contribution >= 4 is 17.9 Å². The van der Waals surface area contributed by atoms with Gasteiger partial charge < -0.3 is 20.1 Å². The minimum absolute atomic E-state index is 0.0326. The molecule has 0 aliphatic carbocycles. The summed E-state index contributed by atoms with van der Waals surface area (Å²) in [5.41, 5.74) is 0.352. The zero-order valence-electron chi connectivity index (χ0n) is 12.5. The van der Waals surface area contributed by atoms with Crippen LogP contribution in [0.3, 0.4) is 0 Å². The average molecular weight is 302 g/mol. The molecule has 0 aromatic rings. The quantitative estimate of drug-likeness (QED) is 0.518. The maximum absolute atomic E-state index is 10.3. The van der Waals surface area contributed by atoms with Gasteiger partial charge in [-0.05, 0) is 20.8 Å². The van der Waals surface area contributed by atoms with E-state index in [1.807, 2.05) is 0 Å². The van der Waals surface area contributed by atoms with Gasteiger partial charge in [0, 0.05) is 17.2 Å². The van der Waals surface area contributed by atoms with E-state index in [1.165, 1.54) is 20.8 Å². The molecule has 3 N–H and O–H groups in total. The number of ether oxygens (including phenoxy) is 1. The van der Waals surface area contributed by atoms with Crippen LogP contribution in [0.5, 0.6) is 0 Å². The smallest absolute Gasteiger partial charge is 0.330 e. The number of aliphatic hydroxyl groups is 1. The molecule has 7 nitrogen and oxygen atoms in total. The van der Waals surface area contributed by atoms with Crippen LogP contribution < -0.4 is 0 Å². The van der Waals surface area contributed by atoms with Gasteiger partial charge in [-0.2, -0.15) is 0 Å². The first-order valence-corrected chi connectivity index (χ1v) is 5.70. The molecule has 0 amide bonds. The van der Waals surface area contributed by atoms with Crippen LogP contribution in [0.25, 0.3) is 0 Å². The van der Waals surface area contributed by atoms with Crippen molar-refractivity contribution in [3.8, 4) is 0 Å². The third-order valence-electron chi connectivity index (χ3n) is 1.36. The number of aliphatic carboxylic acids is 2. The van der Waals surface area contributed by atoms with E-state index < -0.39 is 24.0 Å². The fourth-order valence-corrected chi connectivity index (χ4v) is 0.262. The zero-order valence-corrected chi connectivity index (χ0v) is 12.5. The molecule has 1 atom stereocenters. The van der Waals surface area contributed by atoms with Gasteiger partial charge in [0.25, 0.3) is 0 Å². The predicted molar refractivity (Wildman–Crippen MR) is 77.7 cm³/mol. The summed E-state index contributed by atoms with van der Waals surface area (Å²) < 4.78 is 4.45. The topological polar surface area (TPSA) is 121 Å². The lowest BCUT2D eigenvalue weighted by Gasteiger charge is -2.02. The Kier molecular flexibility index (Phi) is 15.8. The van der Waals surface area contributed by atoms with Crippen molar-refractivity contribution in [2.45, 2.75) is 26.9 Å². The Hall–Kier alpha value is -2.41. The van der Waals surface area contributed by atoms with Crippen LogP contribution in [-0.4, -0.2) is 45.9 Å². The molecule has 7 heteroatoms. The zero-order chi connectivity index (χ0) is 17.6. The van der Waals surface area contributed by atoms with Gasteiger partial charge in [-0.25, -0.2) is 14.4 Å². The number of hydrogen-bond donors (Lipinski definition) is 3.